The van der Waals surface area contributed by atoms with Crippen molar-refractivity contribution in [3.63, 3.8) is 0 Å². The van der Waals surface area contributed by atoms with Gasteiger partial charge in [-0.05, 0) is 58.3 Å². The van der Waals surface area contributed by atoms with Gasteiger partial charge in [0.05, 0.1) is 32.5 Å². The summed E-state index contributed by atoms with van der Waals surface area (Å²) in [5, 5.41) is 5.84. The molecular formula is C25H50N2O6. The molecule has 0 aliphatic rings. The molecule has 0 saturated heterocycles. The molecule has 0 fully saturated rings. The van der Waals surface area contributed by atoms with Crippen LogP contribution in [0.25, 0.3) is 0 Å². The molecule has 0 heterocycles. The van der Waals surface area contributed by atoms with Crippen LogP contribution in [0, 0.1) is 5.92 Å². The lowest BCUT2D eigenvalue weighted by Gasteiger charge is -2.10. The van der Waals surface area contributed by atoms with E-state index in [2.05, 4.69) is 10.6 Å². The van der Waals surface area contributed by atoms with E-state index in [4.69, 9.17) is 18.9 Å². The Balaban J connectivity index is 3.18. The molecule has 0 bridgehead atoms. The Labute approximate surface area is 201 Å². The van der Waals surface area contributed by atoms with Crippen LogP contribution in [-0.4, -0.2) is 77.3 Å². The summed E-state index contributed by atoms with van der Waals surface area (Å²) in [6.45, 7) is 13.3. The summed E-state index contributed by atoms with van der Waals surface area (Å²) in [5.41, 5.74) is 0. The van der Waals surface area contributed by atoms with Crippen LogP contribution in [0.2, 0.25) is 0 Å². The molecule has 8 heteroatoms. The molecule has 2 N–H and O–H groups in total. The number of nitrogens with one attached hydrogen (secondary N) is 2. The zero-order chi connectivity index (χ0) is 24.6. The number of rotatable bonds is 24. The maximum absolute atomic E-state index is 11.6. The first kappa shape index (κ1) is 31.8. The van der Waals surface area contributed by atoms with Crippen LogP contribution in [-0.2, 0) is 28.5 Å². The highest BCUT2D eigenvalue weighted by molar-refractivity contribution is 5.78. The van der Waals surface area contributed by atoms with Crippen molar-refractivity contribution in [2.24, 2.45) is 5.92 Å². The first-order valence-electron chi connectivity index (χ1n) is 12.9. The van der Waals surface area contributed by atoms with Crippen molar-refractivity contribution in [3.05, 3.63) is 0 Å². The van der Waals surface area contributed by atoms with Gasteiger partial charge in [0.15, 0.2) is 0 Å². The van der Waals surface area contributed by atoms with Gasteiger partial charge in [0.1, 0.15) is 6.61 Å². The van der Waals surface area contributed by atoms with Crippen LogP contribution in [0.15, 0.2) is 0 Å². The van der Waals surface area contributed by atoms with Gasteiger partial charge in [0.2, 0.25) is 11.8 Å². The summed E-state index contributed by atoms with van der Waals surface area (Å²) in [6, 6.07) is 0. The minimum atomic E-state index is -0.0461. The molecule has 0 radical (unpaired) electrons. The second kappa shape index (κ2) is 23.9. The van der Waals surface area contributed by atoms with Gasteiger partial charge >= 0.3 is 0 Å². The standard InChI is InChI=1S/C25H50N2O6/c1-5-22(3)25(29)27-14-10-8-12-16-31-18-20-32-19-17-30-15-11-7-9-13-26-24(28)21-33-23(4)6-2/h22-23H,5-21H2,1-4H3,(H,26,28)(H,27,29). The molecule has 33 heavy (non-hydrogen) atoms. The molecule has 0 saturated carbocycles. The van der Waals surface area contributed by atoms with Gasteiger partial charge in [-0.1, -0.05) is 20.8 Å². The Morgan fingerprint density at radius 3 is 1.70 bits per heavy atom. The van der Waals surface area contributed by atoms with Gasteiger partial charge < -0.3 is 29.6 Å². The molecule has 2 unspecified atom stereocenters. The van der Waals surface area contributed by atoms with Crippen molar-refractivity contribution in [3.8, 4) is 0 Å². The van der Waals surface area contributed by atoms with E-state index in [0.717, 1.165) is 64.5 Å². The average Bonchev–Trinajstić information content (AvgIpc) is 2.82. The third-order valence-corrected chi connectivity index (χ3v) is 5.43. The zero-order valence-electron chi connectivity index (χ0n) is 21.6. The van der Waals surface area contributed by atoms with E-state index < -0.39 is 0 Å². The van der Waals surface area contributed by atoms with Crippen molar-refractivity contribution in [1.82, 2.24) is 10.6 Å². The number of carbonyl (C=O) groups is 2. The highest BCUT2D eigenvalue weighted by atomic mass is 16.5. The Hall–Kier alpha value is -1.22. The topological polar surface area (TPSA) is 95.1 Å². The van der Waals surface area contributed by atoms with Gasteiger partial charge in [-0.3, -0.25) is 9.59 Å². The van der Waals surface area contributed by atoms with E-state index in [1.165, 1.54) is 0 Å². The smallest absolute Gasteiger partial charge is 0.246 e. The molecule has 0 aliphatic heterocycles. The monoisotopic (exact) mass is 474 g/mol. The van der Waals surface area contributed by atoms with Crippen molar-refractivity contribution in [2.75, 3.05) is 59.3 Å². The van der Waals surface area contributed by atoms with Crippen molar-refractivity contribution < 1.29 is 28.5 Å². The lowest BCUT2D eigenvalue weighted by atomic mass is 10.1. The van der Waals surface area contributed by atoms with E-state index in [-0.39, 0.29) is 30.4 Å². The third kappa shape index (κ3) is 22.3. The quantitative estimate of drug-likeness (QED) is 0.208. The van der Waals surface area contributed by atoms with Gasteiger partial charge in [-0.25, -0.2) is 0 Å². The highest BCUT2D eigenvalue weighted by Crippen LogP contribution is 2.01. The predicted octanol–water partition coefficient (Wildman–Crippen LogP) is 3.47. The predicted molar refractivity (Wildman–Crippen MR) is 131 cm³/mol. The summed E-state index contributed by atoms with van der Waals surface area (Å²) in [5.74, 6) is 0.207. The number of carbonyl (C=O) groups excluding carboxylic acids is 2. The van der Waals surface area contributed by atoms with Crippen LogP contribution >= 0.6 is 0 Å². The second-order valence-electron chi connectivity index (χ2n) is 8.44. The minimum Gasteiger partial charge on any atom is -0.379 e. The van der Waals surface area contributed by atoms with Crippen molar-refractivity contribution >= 4 is 11.8 Å². The average molecular weight is 475 g/mol. The largest absolute Gasteiger partial charge is 0.379 e. The van der Waals surface area contributed by atoms with Gasteiger partial charge in [0, 0.05) is 32.2 Å². The molecule has 0 aromatic carbocycles. The number of ether oxygens (including phenoxy) is 4. The SMILES string of the molecule is CCC(C)OCC(=O)NCCCCCOCCOCCOCCCCCNC(=O)C(C)CC. The van der Waals surface area contributed by atoms with E-state index in [1.54, 1.807) is 0 Å². The van der Waals surface area contributed by atoms with Crippen molar-refractivity contribution in [2.45, 2.75) is 85.2 Å². The van der Waals surface area contributed by atoms with Crippen LogP contribution < -0.4 is 10.6 Å². The Morgan fingerprint density at radius 2 is 1.18 bits per heavy atom. The van der Waals surface area contributed by atoms with E-state index in [9.17, 15) is 9.59 Å². The molecule has 0 aromatic heterocycles. The first-order valence-corrected chi connectivity index (χ1v) is 12.9. The van der Waals surface area contributed by atoms with Crippen molar-refractivity contribution in [1.29, 1.82) is 0 Å². The van der Waals surface area contributed by atoms with Gasteiger partial charge in [-0.2, -0.15) is 0 Å². The maximum atomic E-state index is 11.6. The molecular weight excluding hydrogens is 424 g/mol. The van der Waals surface area contributed by atoms with E-state index in [0.29, 0.717) is 39.6 Å². The van der Waals surface area contributed by atoms with E-state index in [1.807, 2.05) is 27.7 Å². The van der Waals surface area contributed by atoms with Crippen LogP contribution in [0.1, 0.15) is 79.1 Å². The van der Waals surface area contributed by atoms with Crippen LogP contribution in [0.4, 0.5) is 0 Å². The first-order chi connectivity index (χ1) is 16.0. The summed E-state index contributed by atoms with van der Waals surface area (Å²) in [7, 11) is 0. The van der Waals surface area contributed by atoms with Gasteiger partial charge in [0.25, 0.3) is 0 Å². The fourth-order valence-corrected chi connectivity index (χ4v) is 2.74. The number of hydrogen-bond donors (Lipinski definition) is 2. The summed E-state index contributed by atoms with van der Waals surface area (Å²) in [4.78, 5) is 23.2. The molecule has 8 nitrogen and oxygen atoms in total. The Bertz CT molecular complexity index is 464. The second-order valence-corrected chi connectivity index (χ2v) is 8.44. The third-order valence-electron chi connectivity index (χ3n) is 5.43. The molecule has 196 valence electrons. The molecule has 0 aromatic rings. The molecule has 0 rings (SSSR count). The van der Waals surface area contributed by atoms with Gasteiger partial charge in [-0.15, -0.1) is 0 Å². The molecule has 0 aliphatic carbocycles. The number of amides is 2. The summed E-state index contributed by atoms with van der Waals surface area (Å²) >= 11 is 0. The van der Waals surface area contributed by atoms with E-state index >= 15 is 0 Å². The normalized spacial score (nSPS) is 13.0. The lowest BCUT2D eigenvalue weighted by molar-refractivity contribution is -0.127. The summed E-state index contributed by atoms with van der Waals surface area (Å²) < 4.78 is 22.0. The lowest BCUT2D eigenvalue weighted by Crippen LogP contribution is -2.29. The number of unbranched alkanes of at least 4 members (excludes halogenated alkanes) is 4. The fraction of sp³-hybridized carbons (Fsp3) is 0.920. The molecule has 0 spiro atoms. The summed E-state index contributed by atoms with van der Waals surface area (Å²) in [6.07, 6.45) is 7.89. The minimum absolute atomic E-state index is 0.0461. The zero-order valence-corrected chi connectivity index (χ0v) is 21.6. The maximum Gasteiger partial charge on any atom is 0.246 e. The number of hydrogen-bond acceptors (Lipinski definition) is 6. The fourth-order valence-electron chi connectivity index (χ4n) is 2.74. The van der Waals surface area contributed by atoms with Crippen LogP contribution in [0.3, 0.4) is 0 Å². The molecule has 2 atom stereocenters. The Kier molecular flexibility index (Phi) is 23.0. The Morgan fingerprint density at radius 1 is 0.667 bits per heavy atom. The van der Waals surface area contributed by atoms with Crippen LogP contribution in [0.5, 0.6) is 0 Å². The molecule has 2 amide bonds. The highest BCUT2D eigenvalue weighted by Gasteiger charge is 2.08.